The third-order valence-corrected chi connectivity index (χ3v) is 6.94. The standard InChI is InChI=1S/C27H27ClFN3O5/c28-20-6-5-16-11-18(4-3-17(16)12-20)24(31-35)27(34)30-22(15-32-7-1-2-8-32)25(33)19-13-21(29)26-23(14-19)36-9-10-37-26/h3-6,11-14,22,25,33,35H,1-2,7-10,15H2,(H,30,34)/b31-24+/t22-,25-/m1/s1. The molecule has 194 valence electrons. The molecule has 1 saturated heterocycles. The van der Waals surface area contributed by atoms with Crippen molar-refractivity contribution < 1.29 is 29.0 Å². The number of hydrogen-bond donors (Lipinski definition) is 3. The summed E-state index contributed by atoms with van der Waals surface area (Å²) in [6.07, 6.45) is 0.772. The number of oxime groups is 1. The molecule has 0 radical (unpaired) electrons. The van der Waals surface area contributed by atoms with Crippen LogP contribution in [-0.2, 0) is 4.79 Å². The van der Waals surface area contributed by atoms with Crippen molar-refractivity contribution in [2.45, 2.75) is 25.0 Å². The third-order valence-electron chi connectivity index (χ3n) is 6.70. The Balaban J connectivity index is 1.41. The van der Waals surface area contributed by atoms with Crippen molar-refractivity contribution in [3.63, 3.8) is 0 Å². The number of halogens is 2. The van der Waals surface area contributed by atoms with E-state index >= 15 is 0 Å². The maximum Gasteiger partial charge on any atom is 0.274 e. The van der Waals surface area contributed by atoms with Gasteiger partial charge in [-0.05, 0) is 72.6 Å². The molecule has 2 atom stereocenters. The van der Waals surface area contributed by atoms with Crippen molar-refractivity contribution in [1.82, 2.24) is 10.2 Å². The number of aliphatic hydroxyl groups excluding tert-OH is 1. The first-order valence-corrected chi connectivity index (χ1v) is 12.5. The molecular weight excluding hydrogens is 501 g/mol. The topological polar surface area (TPSA) is 104 Å². The quantitative estimate of drug-likeness (QED) is 0.245. The van der Waals surface area contributed by atoms with Crippen molar-refractivity contribution in [1.29, 1.82) is 0 Å². The summed E-state index contributed by atoms with van der Waals surface area (Å²) < 4.78 is 25.6. The van der Waals surface area contributed by atoms with Crippen LogP contribution in [-0.4, -0.2) is 65.7 Å². The molecule has 1 amide bonds. The van der Waals surface area contributed by atoms with Crippen molar-refractivity contribution >= 4 is 34.0 Å². The Kier molecular flexibility index (Phi) is 7.45. The van der Waals surface area contributed by atoms with E-state index in [0.29, 0.717) is 17.1 Å². The molecule has 10 heteroatoms. The maximum absolute atomic E-state index is 14.7. The van der Waals surface area contributed by atoms with Crippen molar-refractivity contribution in [3.8, 4) is 11.5 Å². The molecule has 0 bridgehead atoms. The van der Waals surface area contributed by atoms with E-state index in [4.69, 9.17) is 21.1 Å². The number of rotatable bonds is 7. The number of aliphatic hydroxyl groups is 1. The fourth-order valence-electron chi connectivity index (χ4n) is 4.84. The Morgan fingerprint density at radius 3 is 2.59 bits per heavy atom. The van der Waals surface area contributed by atoms with Gasteiger partial charge in [-0.2, -0.15) is 0 Å². The predicted molar refractivity (Wildman–Crippen MR) is 137 cm³/mol. The Morgan fingerprint density at radius 1 is 1.08 bits per heavy atom. The third kappa shape index (κ3) is 5.49. The Hall–Kier alpha value is -3.40. The number of amides is 1. The summed E-state index contributed by atoms with van der Waals surface area (Å²) in [5.74, 6) is -1.10. The van der Waals surface area contributed by atoms with Gasteiger partial charge in [0.2, 0.25) is 0 Å². The molecule has 3 aromatic rings. The van der Waals surface area contributed by atoms with Crippen molar-refractivity contribution in [2.24, 2.45) is 5.16 Å². The van der Waals surface area contributed by atoms with Crippen LogP contribution in [0.15, 0.2) is 53.7 Å². The van der Waals surface area contributed by atoms with Crippen LogP contribution in [0.2, 0.25) is 5.02 Å². The lowest BCUT2D eigenvalue weighted by atomic mass is 9.99. The molecule has 2 heterocycles. The summed E-state index contributed by atoms with van der Waals surface area (Å²) in [5.41, 5.74) is 0.440. The van der Waals surface area contributed by atoms with Crippen molar-refractivity contribution in [2.75, 3.05) is 32.8 Å². The SMILES string of the molecule is O=C(N[C@H](CN1CCCC1)[C@H](O)c1cc(F)c2c(c1)OCCO2)/C(=N/O)c1ccc2cc(Cl)ccc2c1. The first-order valence-electron chi connectivity index (χ1n) is 12.1. The smallest absolute Gasteiger partial charge is 0.274 e. The zero-order valence-electron chi connectivity index (χ0n) is 20.0. The lowest BCUT2D eigenvalue weighted by Gasteiger charge is -2.29. The predicted octanol–water partition coefficient (Wildman–Crippen LogP) is 3.90. The van der Waals surface area contributed by atoms with Gasteiger partial charge in [-0.15, -0.1) is 0 Å². The number of nitrogens with zero attached hydrogens (tertiary/aromatic N) is 2. The van der Waals surface area contributed by atoms with Gasteiger partial charge in [-0.3, -0.25) is 4.79 Å². The van der Waals surface area contributed by atoms with Gasteiger partial charge in [0.15, 0.2) is 23.0 Å². The van der Waals surface area contributed by atoms with Gasteiger partial charge in [0.1, 0.15) is 19.3 Å². The number of benzene rings is 3. The first kappa shape index (κ1) is 25.3. The lowest BCUT2D eigenvalue weighted by Crippen LogP contribution is -2.49. The monoisotopic (exact) mass is 527 g/mol. The average molecular weight is 528 g/mol. The summed E-state index contributed by atoms with van der Waals surface area (Å²) in [6.45, 7) is 2.49. The molecule has 0 unspecified atom stereocenters. The molecule has 8 nitrogen and oxygen atoms in total. The highest BCUT2D eigenvalue weighted by atomic mass is 35.5. The van der Waals surface area contributed by atoms with Gasteiger partial charge in [0, 0.05) is 17.1 Å². The summed E-state index contributed by atoms with van der Waals surface area (Å²) in [4.78, 5) is 15.4. The van der Waals surface area contributed by atoms with E-state index in [0.717, 1.165) is 36.7 Å². The zero-order valence-corrected chi connectivity index (χ0v) is 20.7. The van der Waals surface area contributed by atoms with Gasteiger partial charge in [-0.25, -0.2) is 4.39 Å². The fraction of sp³-hybridized carbons (Fsp3) is 0.333. The van der Waals surface area contributed by atoms with Crippen LogP contribution in [0.4, 0.5) is 4.39 Å². The Morgan fingerprint density at radius 2 is 1.81 bits per heavy atom. The van der Waals surface area contributed by atoms with Crippen LogP contribution in [0, 0.1) is 5.82 Å². The van der Waals surface area contributed by atoms with Crippen LogP contribution in [0.25, 0.3) is 10.8 Å². The second kappa shape index (κ2) is 10.9. The minimum absolute atomic E-state index is 0.00891. The van der Waals surface area contributed by atoms with Gasteiger partial charge < -0.3 is 30.0 Å². The number of nitrogens with one attached hydrogen (secondary N) is 1. The molecular formula is C27H27ClFN3O5. The zero-order chi connectivity index (χ0) is 25.9. The van der Waals surface area contributed by atoms with Crippen molar-refractivity contribution in [3.05, 3.63) is 70.5 Å². The molecule has 1 fully saturated rings. The van der Waals surface area contributed by atoms with E-state index in [-0.39, 0.29) is 36.0 Å². The fourth-order valence-corrected chi connectivity index (χ4v) is 5.02. The first-order chi connectivity index (χ1) is 17.9. The van der Waals surface area contributed by atoms with Gasteiger partial charge in [0.05, 0.1) is 6.04 Å². The van der Waals surface area contributed by atoms with E-state index in [1.165, 1.54) is 12.1 Å². The number of hydrogen-bond acceptors (Lipinski definition) is 7. The number of ether oxygens (including phenoxy) is 2. The van der Waals surface area contributed by atoms with E-state index in [9.17, 15) is 19.5 Å². The maximum atomic E-state index is 14.7. The number of fused-ring (bicyclic) bond motifs is 2. The molecule has 3 aromatic carbocycles. The molecule has 0 aromatic heterocycles. The molecule has 2 aliphatic rings. The minimum Gasteiger partial charge on any atom is -0.486 e. The lowest BCUT2D eigenvalue weighted by molar-refractivity contribution is -0.116. The summed E-state index contributed by atoms with van der Waals surface area (Å²) in [6, 6.07) is 12.4. The summed E-state index contributed by atoms with van der Waals surface area (Å²) >= 11 is 6.06. The van der Waals surface area contributed by atoms with Crippen LogP contribution in [0.5, 0.6) is 11.5 Å². The van der Waals surface area contributed by atoms with Crippen LogP contribution in [0.3, 0.4) is 0 Å². The molecule has 37 heavy (non-hydrogen) atoms. The number of likely N-dealkylation sites (tertiary alicyclic amines) is 1. The van der Waals surface area contributed by atoms with E-state index in [1.54, 1.807) is 30.3 Å². The Labute approximate surface area is 218 Å². The highest BCUT2D eigenvalue weighted by molar-refractivity contribution is 6.45. The molecule has 0 aliphatic carbocycles. The summed E-state index contributed by atoms with van der Waals surface area (Å²) in [5, 5.41) is 29.4. The van der Waals surface area contributed by atoms with E-state index < -0.39 is 23.9 Å². The normalized spacial score (nSPS) is 17.5. The highest BCUT2D eigenvalue weighted by Gasteiger charge is 2.30. The molecule has 5 rings (SSSR count). The average Bonchev–Trinajstić information content (AvgIpc) is 3.41. The molecule has 0 spiro atoms. The highest BCUT2D eigenvalue weighted by Crippen LogP contribution is 2.36. The molecule has 2 aliphatic heterocycles. The van der Waals surface area contributed by atoms with Gasteiger partial charge in [-0.1, -0.05) is 35.0 Å². The number of carbonyl (C=O) groups excluding carboxylic acids is 1. The van der Waals surface area contributed by atoms with Gasteiger partial charge in [0.25, 0.3) is 5.91 Å². The van der Waals surface area contributed by atoms with Crippen LogP contribution in [0.1, 0.15) is 30.1 Å². The minimum atomic E-state index is -1.26. The summed E-state index contributed by atoms with van der Waals surface area (Å²) in [7, 11) is 0. The molecule has 0 saturated carbocycles. The van der Waals surface area contributed by atoms with E-state index in [2.05, 4.69) is 15.4 Å². The van der Waals surface area contributed by atoms with Crippen LogP contribution >= 0.6 is 11.6 Å². The van der Waals surface area contributed by atoms with Crippen LogP contribution < -0.4 is 14.8 Å². The second-order valence-electron chi connectivity index (χ2n) is 9.21. The second-order valence-corrected chi connectivity index (χ2v) is 9.65. The number of carbonyl (C=O) groups is 1. The largest absolute Gasteiger partial charge is 0.486 e. The van der Waals surface area contributed by atoms with Gasteiger partial charge >= 0.3 is 0 Å². The van der Waals surface area contributed by atoms with E-state index in [1.807, 2.05) is 6.07 Å². The Bertz CT molecular complexity index is 1350. The molecule has 3 N–H and O–H groups in total.